The number of pyridine rings is 1. The van der Waals surface area contributed by atoms with Gasteiger partial charge in [0.1, 0.15) is 5.82 Å². The highest BCUT2D eigenvalue weighted by Crippen LogP contribution is 2.18. The maximum Gasteiger partial charge on any atom is 0.240 e. The number of nitrogens with zero attached hydrogens (tertiary/aromatic N) is 2. The molecule has 0 bridgehead atoms. The smallest absolute Gasteiger partial charge is 0.240 e. The molecule has 0 unspecified atom stereocenters. The van der Waals surface area contributed by atoms with Gasteiger partial charge in [-0.1, -0.05) is 28.1 Å². The lowest BCUT2D eigenvalue weighted by molar-refractivity contribution is 0.581. The number of anilines is 1. The first-order chi connectivity index (χ1) is 9.90. The molecule has 0 spiro atoms. The second-order valence-electron chi connectivity index (χ2n) is 4.66. The Morgan fingerprint density at radius 3 is 2.67 bits per heavy atom. The van der Waals surface area contributed by atoms with E-state index in [0.29, 0.717) is 0 Å². The standard InChI is InChI=1S/C14H16BrN3O2S/c1-18(2)14-11(5-4-8-16-14)10-17-21(19,20)13-7-3-6-12(15)9-13/h3-9,17H,10H2,1-2H3. The second-order valence-corrected chi connectivity index (χ2v) is 7.35. The topological polar surface area (TPSA) is 62.3 Å². The third-order valence-electron chi connectivity index (χ3n) is 2.85. The number of hydrogen-bond acceptors (Lipinski definition) is 4. The Bertz CT molecular complexity index is 733. The maximum atomic E-state index is 12.3. The van der Waals surface area contributed by atoms with Crippen molar-refractivity contribution in [2.45, 2.75) is 11.4 Å². The van der Waals surface area contributed by atoms with E-state index >= 15 is 0 Å². The van der Waals surface area contributed by atoms with Crippen LogP contribution < -0.4 is 9.62 Å². The zero-order valence-corrected chi connectivity index (χ0v) is 14.1. The maximum absolute atomic E-state index is 12.3. The van der Waals surface area contributed by atoms with E-state index in [0.717, 1.165) is 15.9 Å². The van der Waals surface area contributed by atoms with Gasteiger partial charge in [-0.25, -0.2) is 18.1 Å². The predicted octanol–water partition coefficient (Wildman–Crippen LogP) is 2.39. The molecule has 21 heavy (non-hydrogen) atoms. The molecule has 2 rings (SSSR count). The first-order valence-electron chi connectivity index (χ1n) is 6.26. The molecule has 1 aromatic carbocycles. The lowest BCUT2D eigenvalue weighted by Crippen LogP contribution is -2.25. The number of hydrogen-bond donors (Lipinski definition) is 1. The summed E-state index contributed by atoms with van der Waals surface area (Å²) >= 11 is 3.27. The quantitative estimate of drug-likeness (QED) is 0.878. The molecule has 1 heterocycles. The first-order valence-corrected chi connectivity index (χ1v) is 8.54. The Balaban J connectivity index is 2.20. The van der Waals surface area contributed by atoms with Gasteiger partial charge in [-0.15, -0.1) is 0 Å². The van der Waals surface area contributed by atoms with E-state index in [9.17, 15) is 8.42 Å². The van der Waals surface area contributed by atoms with Crippen molar-refractivity contribution in [1.82, 2.24) is 9.71 Å². The van der Waals surface area contributed by atoms with Crippen LogP contribution in [0, 0.1) is 0 Å². The number of benzene rings is 1. The highest BCUT2D eigenvalue weighted by atomic mass is 79.9. The molecule has 112 valence electrons. The summed E-state index contributed by atoms with van der Waals surface area (Å²) in [5, 5.41) is 0. The van der Waals surface area contributed by atoms with E-state index in [1.54, 1.807) is 36.5 Å². The van der Waals surface area contributed by atoms with Crippen LogP contribution in [0.1, 0.15) is 5.56 Å². The average molecular weight is 370 g/mol. The van der Waals surface area contributed by atoms with Crippen LogP contribution in [-0.2, 0) is 16.6 Å². The van der Waals surface area contributed by atoms with Crippen LogP contribution in [0.3, 0.4) is 0 Å². The third kappa shape index (κ3) is 4.03. The van der Waals surface area contributed by atoms with Crippen molar-refractivity contribution >= 4 is 31.8 Å². The van der Waals surface area contributed by atoms with Crippen LogP contribution in [0.5, 0.6) is 0 Å². The van der Waals surface area contributed by atoms with E-state index in [1.165, 1.54) is 0 Å². The molecular formula is C14H16BrN3O2S. The largest absolute Gasteiger partial charge is 0.362 e. The molecule has 0 fully saturated rings. The van der Waals surface area contributed by atoms with Gasteiger partial charge in [0.2, 0.25) is 10.0 Å². The summed E-state index contributed by atoms with van der Waals surface area (Å²) in [6.07, 6.45) is 1.68. The predicted molar refractivity (Wildman–Crippen MR) is 86.7 cm³/mol. The minimum atomic E-state index is -3.55. The molecule has 7 heteroatoms. The van der Waals surface area contributed by atoms with Crippen LogP contribution in [0.2, 0.25) is 0 Å². The van der Waals surface area contributed by atoms with Gasteiger partial charge >= 0.3 is 0 Å². The molecule has 0 aliphatic carbocycles. The lowest BCUT2D eigenvalue weighted by atomic mass is 10.2. The Morgan fingerprint density at radius 1 is 1.24 bits per heavy atom. The number of rotatable bonds is 5. The minimum Gasteiger partial charge on any atom is -0.362 e. The van der Waals surface area contributed by atoms with Crippen molar-refractivity contribution in [2.24, 2.45) is 0 Å². The highest BCUT2D eigenvalue weighted by molar-refractivity contribution is 9.10. The van der Waals surface area contributed by atoms with Gasteiger partial charge in [0.25, 0.3) is 0 Å². The summed E-state index contributed by atoms with van der Waals surface area (Å²) in [6.45, 7) is 0.191. The van der Waals surface area contributed by atoms with Gasteiger partial charge in [-0.2, -0.15) is 0 Å². The monoisotopic (exact) mass is 369 g/mol. The molecule has 0 amide bonds. The van der Waals surface area contributed by atoms with Crippen molar-refractivity contribution in [2.75, 3.05) is 19.0 Å². The fourth-order valence-electron chi connectivity index (χ4n) is 1.86. The van der Waals surface area contributed by atoms with Gasteiger partial charge in [-0.05, 0) is 24.3 Å². The molecule has 0 aliphatic rings. The average Bonchev–Trinajstić information content (AvgIpc) is 2.45. The van der Waals surface area contributed by atoms with Crippen molar-refractivity contribution in [3.63, 3.8) is 0 Å². The summed E-state index contributed by atoms with van der Waals surface area (Å²) in [4.78, 5) is 6.33. The van der Waals surface area contributed by atoms with Gasteiger partial charge in [0.15, 0.2) is 0 Å². The SMILES string of the molecule is CN(C)c1ncccc1CNS(=O)(=O)c1cccc(Br)c1. The molecule has 0 radical (unpaired) electrons. The van der Waals surface area contributed by atoms with E-state index in [-0.39, 0.29) is 11.4 Å². The fourth-order valence-corrected chi connectivity index (χ4v) is 3.46. The lowest BCUT2D eigenvalue weighted by Gasteiger charge is -2.16. The molecule has 0 saturated heterocycles. The van der Waals surface area contributed by atoms with E-state index in [4.69, 9.17) is 0 Å². The van der Waals surface area contributed by atoms with Crippen LogP contribution in [0.4, 0.5) is 5.82 Å². The zero-order valence-electron chi connectivity index (χ0n) is 11.7. The molecule has 0 saturated carbocycles. The molecule has 0 atom stereocenters. The van der Waals surface area contributed by atoms with E-state index in [1.807, 2.05) is 25.1 Å². The number of sulfonamides is 1. The summed E-state index contributed by atoms with van der Waals surface area (Å²) in [7, 11) is 0.190. The Hall–Kier alpha value is -1.44. The van der Waals surface area contributed by atoms with Crippen LogP contribution >= 0.6 is 15.9 Å². The summed E-state index contributed by atoms with van der Waals surface area (Å²) < 4.78 is 27.9. The fraction of sp³-hybridized carbons (Fsp3) is 0.214. The zero-order chi connectivity index (χ0) is 15.5. The van der Waals surface area contributed by atoms with Crippen molar-refractivity contribution in [3.8, 4) is 0 Å². The third-order valence-corrected chi connectivity index (χ3v) is 4.74. The molecule has 1 N–H and O–H groups in total. The first kappa shape index (κ1) is 15.9. The van der Waals surface area contributed by atoms with Gasteiger partial charge in [0, 0.05) is 36.9 Å². The van der Waals surface area contributed by atoms with Crippen LogP contribution in [0.15, 0.2) is 52.0 Å². The molecule has 5 nitrogen and oxygen atoms in total. The number of halogens is 1. The summed E-state index contributed by atoms with van der Waals surface area (Å²) in [6, 6.07) is 10.2. The number of nitrogens with one attached hydrogen (secondary N) is 1. The normalized spacial score (nSPS) is 11.4. The Kier molecular flexibility index (Phi) is 4.97. The van der Waals surface area contributed by atoms with Crippen molar-refractivity contribution in [1.29, 1.82) is 0 Å². The van der Waals surface area contributed by atoms with E-state index in [2.05, 4.69) is 25.6 Å². The van der Waals surface area contributed by atoms with Gasteiger partial charge in [-0.3, -0.25) is 0 Å². The molecular weight excluding hydrogens is 354 g/mol. The summed E-state index contributed by atoms with van der Waals surface area (Å²) in [5.74, 6) is 0.745. The van der Waals surface area contributed by atoms with Crippen molar-refractivity contribution in [3.05, 3.63) is 52.6 Å². The Morgan fingerprint density at radius 2 is 2.00 bits per heavy atom. The van der Waals surface area contributed by atoms with Gasteiger partial charge < -0.3 is 4.90 Å². The highest BCUT2D eigenvalue weighted by Gasteiger charge is 2.15. The Labute approximate surface area is 133 Å². The molecule has 2 aromatic rings. The summed E-state index contributed by atoms with van der Waals surface area (Å²) in [5.41, 5.74) is 0.820. The molecule has 0 aliphatic heterocycles. The number of aromatic nitrogens is 1. The second kappa shape index (κ2) is 6.55. The van der Waals surface area contributed by atoms with Crippen LogP contribution in [-0.4, -0.2) is 27.5 Å². The van der Waals surface area contributed by atoms with Gasteiger partial charge in [0.05, 0.1) is 4.90 Å². The minimum absolute atomic E-state index is 0.191. The van der Waals surface area contributed by atoms with E-state index < -0.39 is 10.0 Å². The van der Waals surface area contributed by atoms with Crippen LogP contribution in [0.25, 0.3) is 0 Å². The van der Waals surface area contributed by atoms with Crippen molar-refractivity contribution < 1.29 is 8.42 Å². The molecule has 1 aromatic heterocycles.